The van der Waals surface area contributed by atoms with Gasteiger partial charge in [0.25, 0.3) is 0 Å². The fourth-order valence-electron chi connectivity index (χ4n) is 6.09. The van der Waals surface area contributed by atoms with E-state index >= 15 is 0 Å². The quantitative estimate of drug-likeness (QED) is 0.734. The second-order valence-electron chi connectivity index (χ2n) is 9.78. The van der Waals surface area contributed by atoms with E-state index in [-0.39, 0.29) is 0 Å². The van der Waals surface area contributed by atoms with Gasteiger partial charge in [0.1, 0.15) is 0 Å². The molecule has 3 fully saturated rings. The fourth-order valence-corrected chi connectivity index (χ4v) is 6.09. The van der Waals surface area contributed by atoms with Crippen LogP contribution in [0.15, 0.2) is 35.5 Å². The maximum absolute atomic E-state index is 13.2. The standard InChI is InChI=1S/C25H32N4O/c1-16-9-18(19-7-6-17(11-26-2)25-20(19)5-4-8-27-25)13-29(12-16)24(30)10-21-22-14-28(3)15-23(21)22/h4-8,11,16,18,21-23H,9-10,12-15H2,1-3H3/b26-11-/t16-,18+,21-,22-,23+/m1/s1. The van der Waals surface area contributed by atoms with Crippen LogP contribution >= 0.6 is 0 Å². The molecule has 158 valence electrons. The summed E-state index contributed by atoms with van der Waals surface area (Å²) in [6, 6.07) is 8.53. The maximum atomic E-state index is 13.2. The Kier molecular flexibility index (Phi) is 5.10. The first kappa shape index (κ1) is 19.7. The van der Waals surface area contributed by atoms with E-state index in [1.165, 1.54) is 24.0 Å². The van der Waals surface area contributed by atoms with Crippen LogP contribution in [0.2, 0.25) is 0 Å². The molecule has 5 nitrogen and oxygen atoms in total. The monoisotopic (exact) mass is 404 g/mol. The lowest BCUT2D eigenvalue weighted by Crippen LogP contribution is -2.43. The predicted octanol–water partition coefficient (Wildman–Crippen LogP) is 3.43. The number of rotatable bonds is 4. The van der Waals surface area contributed by atoms with Gasteiger partial charge in [-0.25, -0.2) is 0 Å². The van der Waals surface area contributed by atoms with E-state index in [0.29, 0.717) is 23.7 Å². The Hall–Kier alpha value is -2.27. The van der Waals surface area contributed by atoms with Crippen molar-refractivity contribution in [1.29, 1.82) is 0 Å². The summed E-state index contributed by atoms with van der Waals surface area (Å²) in [6.45, 7) is 6.36. The second kappa shape index (κ2) is 7.77. The highest BCUT2D eigenvalue weighted by molar-refractivity contribution is 5.99. The van der Waals surface area contributed by atoms with Crippen molar-refractivity contribution in [1.82, 2.24) is 14.8 Å². The molecule has 0 N–H and O–H groups in total. The number of piperidine rings is 2. The molecule has 2 saturated heterocycles. The van der Waals surface area contributed by atoms with E-state index in [1.54, 1.807) is 7.05 Å². The molecule has 5 rings (SSSR count). The third-order valence-electron chi connectivity index (χ3n) is 7.52. The number of aliphatic imine (C=N–C) groups is 1. The molecule has 0 radical (unpaired) electrons. The van der Waals surface area contributed by atoms with Gasteiger partial charge < -0.3 is 9.80 Å². The van der Waals surface area contributed by atoms with Crippen LogP contribution in [0.3, 0.4) is 0 Å². The molecule has 2 aromatic rings. The summed E-state index contributed by atoms with van der Waals surface area (Å²) in [5, 5.41) is 1.20. The summed E-state index contributed by atoms with van der Waals surface area (Å²) < 4.78 is 0. The lowest BCUT2D eigenvalue weighted by molar-refractivity contribution is -0.133. The summed E-state index contributed by atoms with van der Waals surface area (Å²) in [6.07, 6.45) is 5.59. The van der Waals surface area contributed by atoms with Crippen molar-refractivity contribution < 1.29 is 4.79 Å². The van der Waals surface area contributed by atoms with E-state index < -0.39 is 0 Å². The van der Waals surface area contributed by atoms with Gasteiger partial charge in [-0.3, -0.25) is 14.8 Å². The van der Waals surface area contributed by atoms with Gasteiger partial charge in [0.15, 0.2) is 0 Å². The Morgan fingerprint density at radius 2 is 2.00 bits per heavy atom. The van der Waals surface area contributed by atoms with E-state index in [1.807, 2.05) is 18.5 Å². The van der Waals surface area contributed by atoms with E-state index in [2.05, 4.69) is 51.9 Å². The topological polar surface area (TPSA) is 48.8 Å². The zero-order chi connectivity index (χ0) is 20.8. The lowest BCUT2D eigenvalue weighted by atomic mass is 9.83. The average Bonchev–Trinajstić information content (AvgIpc) is 3.18. The van der Waals surface area contributed by atoms with Crippen LogP contribution in [0, 0.1) is 23.7 Å². The van der Waals surface area contributed by atoms with Crippen molar-refractivity contribution in [2.75, 3.05) is 40.3 Å². The number of carbonyl (C=O) groups excluding carboxylic acids is 1. The van der Waals surface area contributed by atoms with Gasteiger partial charge in [0.05, 0.1) is 5.52 Å². The first-order chi connectivity index (χ1) is 14.5. The van der Waals surface area contributed by atoms with Gasteiger partial charge in [-0.15, -0.1) is 0 Å². The van der Waals surface area contributed by atoms with Crippen molar-refractivity contribution in [3.63, 3.8) is 0 Å². The second-order valence-corrected chi connectivity index (χ2v) is 9.78. The SMILES string of the molecule is C/N=C\c1ccc([C@H]2C[C@@H](C)CN(C(=O)C[C@@H]3[C@H]4CN(C)C[C@@H]34)C2)c2cccnc12. The molecule has 3 heterocycles. The van der Waals surface area contributed by atoms with Crippen LogP contribution in [0.4, 0.5) is 0 Å². The number of benzene rings is 1. The number of likely N-dealkylation sites (tertiary alicyclic amines) is 2. The first-order valence-electron chi connectivity index (χ1n) is 11.3. The lowest BCUT2D eigenvalue weighted by Gasteiger charge is -2.37. The van der Waals surface area contributed by atoms with Crippen LogP contribution in [0.1, 0.15) is 36.8 Å². The third-order valence-corrected chi connectivity index (χ3v) is 7.52. The van der Waals surface area contributed by atoms with E-state index in [9.17, 15) is 4.79 Å². The molecule has 5 atom stereocenters. The van der Waals surface area contributed by atoms with Gasteiger partial charge in [0.2, 0.25) is 5.91 Å². The number of carbonyl (C=O) groups is 1. The Balaban J connectivity index is 1.35. The number of amides is 1. The molecule has 3 aliphatic rings. The summed E-state index contributed by atoms with van der Waals surface area (Å²) in [4.78, 5) is 26.6. The van der Waals surface area contributed by atoms with E-state index in [4.69, 9.17) is 0 Å². The van der Waals surface area contributed by atoms with Gasteiger partial charge >= 0.3 is 0 Å². The Morgan fingerprint density at radius 3 is 2.77 bits per heavy atom. The maximum Gasteiger partial charge on any atom is 0.222 e. The Bertz CT molecular complexity index is 974. The molecule has 1 saturated carbocycles. The van der Waals surface area contributed by atoms with Gasteiger partial charge in [0, 0.05) is 68.9 Å². The first-order valence-corrected chi connectivity index (χ1v) is 11.3. The number of fused-ring (bicyclic) bond motifs is 2. The molecule has 0 spiro atoms. The minimum absolute atomic E-state index is 0.363. The van der Waals surface area contributed by atoms with Crippen LogP contribution in [0.5, 0.6) is 0 Å². The molecule has 1 aromatic carbocycles. The average molecular weight is 405 g/mol. The molecule has 0 bridgehead atoms. The molecule has 5 heteroatoms. The highest BCUT2D eigenvalue weighted by atomic mass is 16.2. The Labute approximate surface area is 179 Å². The number of hydrogen-bond acceptors (Lipinski definition) is 4. The van der Waals surface area contributed by atoms with Crippen LogP contribution < -0.4 is 0 Å². The molecule has 2 aliphatic heterocycles. The molecule has 1 aliphatic carbocycles. The fraction of sp³-hybridized carbons (Fsp3) is 0.560. The van der Waals surface area contributed by atoms with Crippen LogP contribution in [0.25, 0.3) is 10.9 Å². The molecule has 0 unspecified atom stereocenters. The number of pyridine rings is 1. The van der Waals surface area contributed by atoms with E-state index in [0.717, 1.165) is 48.8 Å². The van der Waals surface area contributed by atoms with Crippen LogP contribution in [-0.2, 0) is 4.79 Å². The van der Waals surface area contributed by atoms with Crippen molar-refractivity contribution in [2.24, 2.45) is 28.7 Å². The molecular weight excluding hydrogens is 372 g/mol. The minimum atomic E-state index is 0.363. The zero-order valence-electron chi connectivity index (χ0n) is 18.3. The summed E-state index contributed by atoms with van der Waals surface area (Å²) in [5.41, 5.74) is 3.38. The molecule has 30 heavy (non-hydrogen) atoms. The highest BCUT2D eigenvalue weighted by Crippen LogP contribution is 2.53. The molecule has 1 amide bonds. The van der Waals surface area contributed by atoms with Crippen molar-refractivity contribution in [3.8, 4) is 0 Å². The normalized spacial score (nSPS) is 31.4. The summed E-state index contributed by atoms with van der Waals surface area (Å²) in [7, 11) is 3.99. The number of hydrogen-bond donors (Lipinski definition) is 0. The van der Waals surface area contributed by atoms with Gasteiger partial charge in [-0.2, -0.15) is 0 Å². The summed E-state index contributed by atoms with van der Waals surface area (Å²) >= 11 is 0. The van der Waals surface area contributed by atoms with Gasteiger partial charge in [-0.05, 0) is 48.8 Å². The van der Waals surface area contributed by atoms with Crippen molar-refractivity contribution >= 4 is 23.0 Å². The summed E-state index contributed by atoms with van der Waals surface area (Å²) in [5.74, 6) is 3.40. The Morgan fingerprint density at radius 1 is 1.20 bits per heavy atom. The zero-order valence-corrected chi connectivity index (χ0v) is 18.3. The molecular formula is C25H32N4O. The number of nitrogens with zero attached hydrogens (tertiary/aromatic N) is 4. The molecule has 1 aromatic heterocycles. The minimum Gasteiger partial charge on any atom is -0.342 e. The van der Waals surface area contributed by atoms with Gasteiger partial charge in [-0.1, -0.05) is 25.1 Å². The highest BCUT2D eigenvalue weighted by Gasteiger charge is 2.55. The predicted molar refractivity (Wildman–Crippen MR) is 121 cm³/mol. The third kappa shape index (κ3) is 3.53. The smallest absolute Gasteiger partial charge is 0.222 e. The largest absolute Gasteiger partial charge is 0.342 e. The van der Waals surface area contributed by atoms with Crippen molar-refractivity contribution in [2.45, 2.75) is 25.7 Å². The van der Waals surface area contributed by atoms with Crippen LogP contribution in [-0.4, -0.2) is 67.2 Å². The van der Waals surface area contributed by atoms with Crippen molar-refractivity contribution in [3.05, 3.63) is 41.6 Å². The number of aromatic nitrogens is 1.